The van der Waals surface area contributed by atoms with Crippen LogP contribution < -0.4 is 4.74 Å². The molecule has 0 aliphatic carbocycles. The first kappa shape index (κ1) is 12.7. The molecule has 2 atom stereocenters. The Morgan fingerprint density at radius 3 is 2.22 bits per heavy atom. The average molecular weight is 242 g/mol. The van der Waals surface area contributed by atoms with Gasteiger partial charge in [-0.3, -0.25) is 0 Å². The number of aryl methyl sites for hydroxylation is 1. The average Bonchev–Trinajstić information content (AvgIpc) is 2.41. The van der Waals surface area contributed by atoms with Crippen molar-refractivity contribution in [2.75, 3.05) is 0 Å². The molecule has 0 radical (unpaired) electrons. The van der Waals surface area contributed by atoms with Gasteiger partial charge in [-0.15, -0.1) is 0 Å². The number of ether oxygens (including phenoxy) is 1. The lowest BCUT2D eigenvalue weighted by molar-refractivity contribution is 0.0463. The second-order valence-electron chi connectivity index (χ2n) is 4.44. The highest BCUT2D eigenvalue weighted by molar-refractivity contribution is 5.32. The van der Waals surface area contributed by atoms with Crippen LogP contribution in [0.2, 0.25) is 0 Å². The molecule has 1 N–H and O–H groups in total. The number of rotatable bonds is 4. The zero-order chi connectivity index (χ0) is 13.0. The minimum absolute atomic E-state index is 0.284. The van der Waals surface area contributed by atoms with E-state index in [2.05, 4.69) is 0 Å². The zero-order valence-corrected chi connectivity index (χ0v) is 10.7. The molecule has 2 nitrogen and oxygen atoms in total. The second-order valence-corrected chi connectivity index (χ2v) is 4.44. The molecular formula is C16H18O2. The summed E-state index contributed by atoms with van der Waals surface area (Å²) < 4.78 is 5.81. The first-order valence-electron chi connectivity index (χ1n) is 6.14. The summed E-state index contributed by atoms with van der Waals surface area (Å²) in [6.45, 7) is 3.88. The molecule has 2 aromatic carbocycles. The summed E-state index contributed by atoms with van der Waals surface area (Å²) in [5, 5.41) is 10.2. The van der Waals surface area contributed by atoms with Crippen molar-refractivity contribution < 1.29 is 9.84 Å². The lowest BCUT2D eigenvalue weighted by Gasteiger charge is -2.21. The van der Waals surface area contributed by atoms with Crippen LogP contribution in [0.1, 0.15) is 24.2 Å². The molecule has 0 amide bonds. The van der Waals surface area contributed by atoms with Gasteiger partial charge in [0, 0.05) is 0 Å². The Hall–Kier alpha value is -1.80. The molecular weight excluding hydrogens is 224 g/mol. The van der Waals surface area contributed by atoms with E-state index < -0.39 is 6.10 Å². The maximum atomic E-state index is 10.2. The van der Waals surface area contributed by atoms with Crippen LogP contribution in [0.3, 0.4) is 0 Å². The lowest BCUT2D eigenvalue weighted by atomic mass is 10.1. The molecule has 0 aliphatic heterocycles. The third kappa shape index (κ3) is 2.90. The first-order valence-corrected chi connectivity index (χ1v) is 6.14. The fourth-order valence-corrected chi connectivity index (χ4v) is 1.87. The minimum Gasteiger partial charge on any atom is -0.487 e. The standard InChI is InChI=1S/C16H18O2/c1-12-8-6-7-11-15(12)18-13(2)16(17)14-9-4-3-5-10-14/h3-11,13,16-17H,1-2H3. The van der Waals surface area contributed by atoms with Gasteiger partial charge in [0.1, 0.15) is 18.0 Å². The third-order valence-electron chi connectivity index (χ3n) is 2.99. The van der Waals surface area contributed by atoms with Gasteiger partial charge in [-0.2, -0.15) is 0 Å². The van der Waals surface area contributed by atoms with E-state index in [9.17, 15) is 5.11 Å². The number of para-hydroxylation sites is 1. The molecule has 0 aromatic heterocycles. The van der Waals surface area contributed by atoms with Crippen LogP contribution in [0.5, 0.6) is 5.75 Å². The van der Waals surface area contributed by atoms with Gasteiger partial charge in [-0.05, 0) is 31.0 Å². The molecule has 2 rings (SSSR count). The van der Waals surface area contributed by atoms with Gasteiger partial charge in [0.2, 0.25) is 0 Å². The predicted octanol–water partition coefficient (Wildman–Crippen LogP) is 3.50. The van der Waals surface area contributed by atoms with Crippen LogP contribution in [0.15, 0.2) is 54.6 Å². The summed E-state index contributed by atoms with van der Waals surface area (Å²) in [6, 6.07) is 17.4. The monoisotopic (exact) mass is 242 g/mol. The Labute approximate surface area is 108 Å². The van der Waals surface area contributed by atoms with E-state index in [1.165, 1.54) is 0 Å². The maximum absolute atomic E-state index is 10.2. The maximum Gasteiger partial charge on any atom is 0.126 e. The molecule has 0 fully saturated rings. The highest BCUT2D eigenvalue weighted by Crippen LogP contribution is 2.23. The van der Waals surface area contributed by atoms with Crippen molar-refractivity contribution in [3.8, 4) is 5.75 Å². The highest BCUT2D eigenvalue weighted by Gasteiger charge is 2.18. The molecule has 2 unspecified atom stereocenters. The van der Waals surface area contributed by atoms with Crippen molar-refractivity contribution in [1.29, 1.82) is 0 Å². The number of aliphatic hydroxyl groups excluding tert-OH is 1. The quantitative estimate of drug-likeness (QED) is 0.889. The molecule has 18 heavy (non-hydrogen) atoms. The van der Waals surface area contributed by atoms with Crippen molar-refractivity contribution in [1.82, 2.24) is 0 Å². The van der Waals surface area contributed by atoms with Crippen molar-refractivity contribution in [3.05, 3.63) is 65.7 Å². The normalized spacial score (nSPS) is 13.9. The Morgan fingerprint density at radius 1 is 0.944 bits per heavy atom. The van der Waals surface area contributed by atoms with E-state index in [4.69, 9.17) is 4.74 Å². The number of benzene rings is 2. The smallest absolute Gasteiger partial charge is 0.126 e. The van der Waals surface area contributed by atoms with Crippen LogP contribution in [0.25, 0.3) is 0 Å². The largest absolute Gasteiger partial charge is 0.487 e. The summed E-state index contributed by atoms with van der Waals surface area (Å²) in [4.78, 5) is 0. The van der Waals surface area contributed by atoms with Crippen molar-refractivity contribution in [2.45, 2.75) is 26.1 Å². The molecule has 0 spiro atoms. The van der Waals surface area contributed by atoms with E-state index in [-0.39, 0.29) is 6.10 Å². The van der Waals surface area contributed by atoms with Gasteiger partial charge in [0.05, 0.1) is 0 Å². The SMILES string of the molecule is Cc1ccccc1OC(C)C(O)c1ccccc1. The van der Waals surface area contributed by atoms with E-state index in [0.29, 0.717) is 0 Å². The summed E-state index contributed by atoms with van der Waals surface area (Å²) in [7, 11) is 0. The molecule has 94 valence electrons. The number of aliphatic hydroxyl groups is 1. The Bertz CT molecular complexity index is 493. The molecule has 2 aromatic rings. The van der Waals surface area contributed by atoms with Gasteiger partial charge >= 0.3 is 0 Å². The molecule has 0 aliphatic rings. The van der Waals surface area contributed by atoms with Crippen LogP contribution in [0, 0.1) is 6.92 Å². The Kier molecular flexibility index (Phi) is 4.00. The van der Waals surface area contributed by atoms with E-state index >= 15 is 0 Å². The molecule has 0 saturated heterocycles. The molecule has 2 heteroatoms. The lowest BCUT2D eigenvalue weighted by Crippen LogP contribution is -2.22. The first-order chi connectivity index (χ1) is 8.68. The van der Waals surface area contributed by atoms with Crippen LogP contribution in [0.4, 0.5) is 0 Å². The fourth-order valence-electron chi connectivity index (χ4n) is 1.87. The topological polar surface area (TPSA) is 29.5 Å². The predicted molar refractivity (Wildman–Crippen MR) is 72.7 cm³/mol. The van der Waals surface area contributed by atoms with Gasteiger partial charge in [-0.1, -0.05) is 48.5 Å². The van der Waals surface area contributed by atoms with E-state index in [0.717, 1.165) is 16.9 Å². The van der Waals surface area contributed by atoms with Crippen molar-refractivity contribution >= 4 is 0 Å². The van der Waals surface area contributed by atoms with E-state index in [1.807, 2.05) is 68.4 Å². The summed E-state index contributed by atoms with van der Waals surface area (Å²) in [6.07, 6.45) is -0.903. The summed E-state index contributed by atoms with van der Waals surface area (Å²) >= 11 is 0. The highest BCUT2D eigenvalue weighted by atomic mass is 16.5. The molecule has 0 saturated carbocycles. The molecule has 0 bridgehead atoms. The zero-order valence-electron chi connectivity index (χ0n) is 10.7. The van der Waals surface area contributed by atoms with Gasteiger partial charge in [-0.25, -0.2) is 0 Å². The Balaban J connectivity index is 2.09. The van der Waals surface area contributed by atoms with Gasteiger partial charge in [0.25, 0.3) is 0 Å². The van der Waals surface area contributed by atoms with Crippen LogP contribution >= 0.6 is 0 Å². The second kappa shape index (κ2) is 5.69. The number of hydrogen-bond donors (Lipinski definition) is 1. The van der Waals surface area contributed by atoms with Gasteiger partial charge < -0.3 is 9.84 Å². The van der Waals surface area contributed by atoms with Crippen LogP contribution in [-0.2, 0) is 0 Å². The third-order valence-corrected chi connectivity index (χ3v) is 2.99. The van der Waals surface area contributed by atoms with Crippen LogP contribution in [-0.4, -0.2) is 11.2 Å². The molecule has 0 heterocycles. The Morgan fingerprint density at radius 2 is 1.56 bits per heavy atom. The summed E-state index contributed by atoms with van der Waals surface area (Å²) in [5.41, 5.74) is 1.95. The van der Waals surface area contributed by atoms with Gasteiger partial charge in [0.15, 0.2) is 0 Å². The van der Waals surface area contributed by atoms with E-state index in [1.54, 1.807) is 0 Å². The number of hydrogen-bond acceptors (Lipinski definition) is 2. The summed E-state index contributed by atoms with van der Waals surface area (Å²) in [5.74, 6) is 0.819. The van der Waals surface area contributed by atoms with Crippen molar-refractivity contribution in [2.24, 2.45) is 0 Å². The minimum atomic E-state index is -0.620. The fraction of sp³-hybridized carbons (Fsp3) is 0.250. The van der Waals surface area contributed by atoms with Crippen molar-refractivity contribution in [3.63, 3.8) is 0 Å².